The summed E-state index contributed by atoms with van der Waals surface area (Å²) in [7, 11) is -3.26. The summed E-state index contributed by atoms with van der Waals surface area (Å²) in [5.41, 5.74) is 7.09. The van der Waals surface area contributed by atoms with Crippen LogP contribution in [0.4, 0.5) is 5.69 Å². The van der Waals surface area contributed by atoms with E-state index in [4.69, 9.17) is 5.73 Å². The molecule has 0 saturated carbocycles. The quantitative estimate of drug-likeness (QED) is 0.833. The minimum absolute atomic E-state index is 0.161. The number of anilines is 1. The van der Waals surface area contributed by atoms with Crippen LogP contribution in [-0.2, 0) is 21.1 Å². The molecule has 1 heterocycles. The van der Waals surface area contributed by atoms with Crippen LogP contribution in [0.3, 0.4) is 0 Å². The van der Waals surface area contributed by atoms with Crippen LogP contribution in [0.15, 0.2) is 24.3 Å². The van der Waals surface area contributed by atoms with E-state index in [2.05, 4.69) is 0 Å². The molecule has 1 aliphatic rings. The van der Waals surface area contributed by atoms with Gasteiger partial charge in [-0.2, -0.15) is 11.8 Å². The number of nitrogens with two attached hydrogens (primary N) is 1. The first kappa shape index (κ1) is 15.2. The molecule has 20 heavy (non-hydrogen) atoms. The highest BCUT2D eigenvalue weighted by Crippen LogP contribution is 2.21. The highest BCUT2D eigenvalue weighted by atomic mass is 32.2. The largest absolute Gasteiger partial charge is 0.399 e. The molecule has 1 unspecified atom stereocenters. The highest BCUT2D eigenvalue weighted by Gasteiger charge is 2.33. The fourth-order valence-electron chi connectivity index (χ4n) is 2.20. The average molecular weight is 314 g/mol. The van der Waals surface area contributed by atoms with Crippen molar-refractivity contribution in [2.45, 2.75) is 11.8 Å². The smallest absolute Gasteiger partial charge is 0.228 e. The number of sulfone groups is 1. The molecule has 2 N–H and O–H groups in total. The summed E-state index contributed by atoms with van der Waals surface area (Å²) in [6.45, 7) is 0.476. The van der Waals surface area contributed by atoms with E-state index in [0.29, 0.717) is 18.0 Å². The number of rotatable bonds is 3. The molecule has 2 rings (SSSR count). The lowest BCUT2D eigenvalue weighted by atomic mass is 10.1. The predicted molar refractivity (Wildman–Crippen MR) is 82.2 cm³/mol. The lowest BCUT2D eigenvalue weighted by Gasteiger charge is -2.34. The van der Waals surface area contributed by atoms with E-state index >= 15 is 0 Å². The lowest BCUT2D eigenvalue weighted by Crippen LogP contribution is -2.50. The van der Waals surface area contributed by atoms with Gasteiger partial charge in [-0.3, -0.25) is 4.79 Å². The molecule has 7 heteroatoms. The van der Waals surface area contributed by atoms with Crippen molar-refractivity contribution in [2.75, 3.05) is 30.0 Å². The summed E-state index contributed by atoms with van der Waals surface area (Å²) in [4.78, 5) is 13.8. The van der Waals surface area contributed by atoms with Crippen molar-refractivity contribution < 1.29 is 13.2 Å². The van der Waals surface area contributed by atoms with E-state index in [9.17, 15) is 13.2 Å². The predicted octanol–water partition coefficient (Wildman–Crippen LogP) is 0.757. The molecule has 0 aromatic heterocycles. The van der Waals surface area contributed by atoms with Crippen molar-refractivity contribution in [1.82, 2.24) is 4.90 Å². The van der Waals surface area contributed by atoms with Gasteiger partial charge in [0.2, 0.25) is 5.91 Å². The maximum atomic E-state index is 12.3. The topological polar surface area (TPSA) is 80.5 Å². The van der Waals surface area contributed by atoms with Crippen LogP contribution in [-0.4, -0.2) is 48.9 Å². The van der Waals surface area contributed by atoms with Crippen LogP contribution < -0.4 is 5.73 Å². The number of nitrogens with zero attached hydrogens (tertiary/aromatic N) is 1. The van der Waals surface area contributed by atoms with Crippen LogP contribution in [0.25, 0.3) is 0 Å². The minimum Gasteiger partial charge on any atom is -0.399 e. The van der Waals surface area contributed by atoms with Gasteiger partial charge in [0.15, 0.2) is 9.84 Å². The van der Waals surface area contributed by atoms with Gasteiger partial charge in [0.25, 0.3) is 0 Å². The number of benzene rings is 1. The van der Waals surface area contributed by atoms with E-state index in [1.165, 1.54) is 11.2 Å². The Morgan fingerprint density at radius 2 is 2.25 bits per heavy atom. The standard InChI is InChI=1S/C13H18N2O3S2/c1-20(17,18)13-9-19-6-5-15(13)12(16)8-10-3-2-4-11(14)7-10/h2-4,7,13H,5-6,8-9,14H2,1H3. The van der Waals surface area contributed by atoms with Crippen LogP contribution in [0.5, 0.6) is 0 Å². The molecule has 0 radical (unpaired) electrons. The van der Waals surface area contributed by atoms with Crippen LogP contribution in [0.2, 0.25) is 0 Å². The third kappa shape index (κ3) is 3.67. The van der Waals surface area contributed by atoms with Crippen LogP contribution in [0.1, 0.15) is 5.56 Å². The summed E-state index contributed by atoms with van der Waals surface area (Å²) in [5, 5.41) is -0.713. The molecule has 1 aliphatic heterocycles. The van der Waals surface area contributed by atoms with E-state index < -0.39 is 15.2 Å². The Balaban J connectivity index is 2.14. The fourth-order valence-corrected chi connectivity index (χ4v) is 5.04. The molecule has 1 aromatic rings. The monoisotopic (exact) mass is 314 g/mol. The second-order valence-electron chi connectivity index (χ2n) is 4.87. The fraction of sp³-hybridized carbons (Fsp3) is 0.462. The molecular weight excluding hydrogens is 296 g/mol. The first-order chi connectivity index (χ1) is 9.38. The van der Waals surface area contributed by atoms with Crippen molar-refractivity contribution in [1.29, 1.82) is 0 Å². The van der Waals surface area contributed by atoms with Crippen molar-refractivity contribution in [3.05, 3.63) is 29.8 Å². The van der Waals surface area contributed by atoms with Gasteiger partial charge in [-0.15, -0.1) is 0 Å². The Hall–Kier alpha value is -1.21. The summed E-state index contributed by atoms with van der Waals surface area (Å²) in [6.07, 6.45) is 1.37. The zero-order chi connectivity index (χ0) is 14.8. The van der Waals surface area contributed by atoms with E-state index in [-0.39, 0.29) is 12.3 Å². The zero-order valence-electron chi connectivity index (χ0n) is 11.3. The van der Waals surface area contributed by atoms with Gasteiger partial charge in [-0.25, -0.2) is 8.42 Å². The Labute approximate surface area is 123 Å². The first-order valence-corrected chi connectivity index (χ1v) is 9.39. The van der Waals surface area contributed by atoms with Gasteiger partial charge >= 0.3 is 0 Å². The Bertz CT molecular complexity index is 601. The molecule has 110 valence electrons. The summed E-state index contributed by atoms with van der Waals surface area (Å²) < 4.78 is 23.6. The zero-order valence-corrected chi connectivity index (χ0v) is 12.9. The summed E-state index contributed by atoms with van der Waals surface area (Å²) in [6, 6.07) is 7.11. The molecule has 1 fully saturated rings. The Morgan fingerprint density at radius 3 is 2.90 bits per heavy atom. The van der Waals surface area contributed by atoms with Gasteiger partial charge in [0.05, 0.1) is 6.42 Å². The number of hydrogen-bond donors (Lipinski definition) is 1. The SMILES string of the molecule is CS(=O)(=O)C1CSCCN1C(=O)Cc1cccc(N)c1. The number of nitrogen functional groups attached to an aromatic ring is 1. The Kier molecular flexibility index (Phi) is 4.59. The average Bonchev–Trinajstić information content (AvgIpc) is 2.37. The first-order valence-electron chi connectivity index (χ1n) is 6.28. The number of carbonyl (C=O) groups is 1. The third-order valence-electron chi connectivity index (χ3n) is 3.21. The van der Waals surface area contributed by atoms with Crippen molar-refractivity contribution in [3.8, 4) is 0 Å². The van der Waals surface area contributed by atoms with Gasteiger partial charge in [-0.05, 0) is 17.7 Å². The molecule has 5 nitrogen and oxygen atoms in total. The molecular formula is C13H18N2O3S2. The van der Waals surface area contributed by atoms with Crippen LogP contribution in [0, 0.1) is 0 Å². The van der Waals surface area contributed by atoms with E-state index in [1.807, 2.05) is 6.07 Å². The molecule has 1 aromatic carbocycles. The summed E-state index contributed by atoms with van der Waals surface area (Å²) >= 11 is 1.57. The number of carbonyl (C=O) groups excluding carboxylic acids is 1. The van der Waals surface area contributed by atoms with Gasteiger partial charge < -0.3 is 10.6 Å². The molecule has 1 atom stereocenters. The van der Waals surface area contributed by atoms with E-state index in [1.54, 1.807) is 30.0 Å². The lowest BCUT2D eigenvalue weighted by molar-refractivity contribution is -0.130. The number of thioether (sulfide) groups is 1. The van der Waals surface area contributed by atoms with Gasteiger partial charge in [-0.1, -0.05) is 12.1 Å². The van der Waals surface area contributed by atoms with Crippen LogP contribution >= 0.6 is 11.8 Å². The normalized spacial score (nSPS) is 19.9. The maximum Gasteiger partial charge on any atom is 0.228 e. The van der Waals surface area contributed by atoms with E-state index in [0.717, 1.165) is 11.3 Å². The van der Waals surface area contributed by atoms with Crippen molar-refractivity contribution >= 4 is 33.2 Å². The minimum atomic E-state index is -3.26. The molecule has 0 bridgehead atoms. The second kappa shape index (κ2) is 6.05. The maximum absolute atomic E-state index is 12.3. The molecule has 0 spiro atoms. The third-order valence-corrected chi connectivity index (χ3v) is 5.85. The van der Waals surface area contributed by atoms with Crippen molar-refractivity contribution in [2.24, 2.45) is 0 Å². The second-order valence-corrected chi connectivity index (χ2v) is 8.22. The molecule has 0 aliphatic carbocycles. The van der Waals surface area contributed by atoms with Crippen molar-refractivity contribution in [3.63, 3.8) is 0 Å². The number of hydrogen-bond acceptors (Lipinski definition) is 5. The molecule has 1 amide bonds. The van der Waals surface area contributed by atoms with Gasteiger partial charge in [0, 0.05) is 30.0 Å². The number of amides is 1. The molecule has 1 saturated heterocycles. The Morgan fingerprint density at radius 1 is 1.50 bits per heavy atom. The van der Waals surface area contributed by atoms with Gasteiger partial charge in [0.1, 0.15) is 5.37 Å². The highest BCUT2D eigenvalue weighted by molar-refractivity contribution is 8.00. The summed E-state index contributed by atoms with van der Waals surface area (Å²) in [5.74, 6) is 1.06.